The summed E-state index contributed by atoms with van der Waals surface area (Å²) in [6.45, 7) is 19.1. The first-order chi connectivity index (χ1) is 5.72. The van der Waals surface area contributed by atoms with E-state index in [-0.39, 0.29) is 7.43 Å². The van der Waals surface area contributed by atoms with E-state index >= 15 is 0 Å². The molecule has 0 fully saturated rings. The SMILES string of the molecule is C.C=CC.CCCC(C)CC.[CH+]=C. The van der Waals surface area contributed by atoms with Crippen LogP contribution in [0.25, 0.3) is 0 Å². The molecule has 0 N–H and O–H groups in total. The standard InChI is InChI=1S/C7H16.C3H6.C2H3.CH4/c1-4-6-7(3)5-2;1-3-2;1-2;/h7H,4-6H2,1-3H3;3H,1H2,2H3;1H,2H2;1H4/q;;+1;. The van der Waals surface area contributed by atoms with Gasteiger partial charge in [-0.15, -0.1) is 6.58 Å². The van der Waals surface area contributed by atoms with E-state index in [1.165, 1.54) is 19.3 Å². The Balaban J connectivity index is -0.0000000581. The molecule has 0 radical (unpaired) electrons. The van der Waals surface area contributed by atoms with Crippen molar-refractivity contribution < 1.29 is 0 Å². The summed E-state index contributed by atoms with van der Waals surface area (Å²) < 4.78 is 0. The Morgan fingerprint density at radius 1 is 1.31 bits per heavy atom. The lowest BCUT2D eigenvalue weighted by molar-refractivity contribution is 0.509. The van der Waals surface area contributed by atoms with Gasteiger partial charge in [0.1, 0.15) is 6.58 Å². The molecule has 0 saturated heterocycles. The van der Waals surface area contributed by atoms with Crippen LogP contribution in [0.1, 0.15) is 54.4 Å². The van der Waals surface area contributed by atoms with Gasteiger partial charge in [0.05, 0.1) is 0 Å². The number of allylic oxidation sites excluding steroid dienone is 1. The average molecular weight is 185 g/mol. The fourth-order valence-electron chi connectivity index (χ4n) is 0.697. The minimum Gasteiger partial charge on any atom is -0.103 e. The molecule has 0 bridgehead atoms. The van der Waals surface area contributed by atoms with Crippen LogP contribution < -0.4 is 0 Å². The van der Waals surface area contributed by atoms with Gasteiger partial charge >= 0.3 is 0 Å². The van der Waals surface area contributed by atoms with E-state index in [0.29, 0.717) is 0 Å². The van der Waals surface area contributed by atoms with Crippen molar-refractivity contribution in [1.29, 1.82) is 0 Å². The van der Waals surface area contributed by atoms with Gasteiger partial charge in [0.25, 0.3) is 0 Å². The van der Waals surface area contributed by atoms with Gasteiger partial charge in [-0.05, 0) is 12.8 Å². The maximum atomic E-state index is 4.25. The summed E-state index contributed by atoms with van der Waals surface area (Å²) in [6, 6.07) is 0. The zero-order valence-corrected chi connectivity index (χ0v) is 9.27. The van der Waals surface area contributed by atoms with Gasteiger partial charge in [-0.1, -0.05) is 53.5 Å². The lowest BCUT2D eigenvalue weighted by atomic mass is 10.0. The molecule has 80 valence electrons. The first-order valence-electron chi connectivity index (χ1n) is 4.70. The van der Waals surface area contributed by atoms with Crippen molar-refractivity contribution in [2.45, 2.75) is 54.4 Å². The third-order valence-corrected chi connectivity index (χ3v) is 1.48. The van der Waals surface area contributed by atoms with E-state index in [9.17, 15) is 0 Å². The molecule has 0 heterocycles. The molecule has 0 nitrogen and oxygen atoms in total. The molecule has 1 atom stereocenters. The Kier molecular flexibility index (Phi) is 52.9. The Labute approximate surface area is 86.8 Å². The third-order valence-electron chi connectivity index (χ3n) is 1.48. The molecule has 0 aliphatic heterocycles. The second kappa shape index (κ2) is 30.1. The van der Waals surface area contributed by atoms with Crippen molar-refractivity contribution in [2.75, 3.05) is 0 Å². The van der Waals surface area contributed by atoms with Crippen molar-refractivity contribution in [3.05, 3.63) is 25.8 Å². The first-order valence-corrected chi connectivity index (χ1v) is 4.70. The van der Waals surface area contributed by atoms with Crippen LogP contribution in [-0.2, 0) is 0 Å². The minimum absolute atomic E-state index is 0. The molecule has 0 spiro atoms. The average Bonchev–Trinajstić information content (AvgIpc) is 2.10. The summed E-state index contributed by atoms with van der Waals surface area (Å²) in [7, 11) is 0. The quantitative estimate of drug-likeness (QED) is 0.415. The van der Waals surface area contributed by atoms with Gasteiger partial charge in [0, 0.05) is 0 Å². The summed E-state index contributed by atoms with van der Waals surface area (Å²) in [5.74, 6) is 0.949. The largest absolute Gasteiger partial charge is 0.198 e. The highest BCUT2D eigenvalue weighted by Crippen LogP contribution is 2.07. The fraction of sp³-hybridized carbons (Fsp3) is 0.692. The van der Waals surface area contributed by atoms with E-state index in [4.69, 9.17) is 0 Å². The van der Waals surface area contributed by atoms with Crippen LogP contribution in [0.3, 0.4) is 0 Å². The molecule has 0 aromatic heterocycles. The summed E-state index contributed by atoms with van der Waals surface area (Å²) in [4.78, 5) is 0. The first kappa shape index (κ1) is 22.8. The maximum Gasteiger partial charge on any atom is 0.198 e. The van der Waals surface area contributed by atoms with Gasteiger partial charge in [-0.3, -0.25) is 0 Å². The van der Waals surface area contributed by atoms with Crippen molar-refractivity contribution in [1.82, 2.24) is 0 Å². The summed E-state index contributed by atoms with van der Waals surface area (Å²) >= 11 is 0. The lowest BCUT2D eigenvalue weighted by Gasteiger charge is -2.02. The van der Waals surface area contributed by atoms with Crippen LogP contribution in [0.15, 0.2) is 19.2 Å². The topological polar surface area (TPSA) is 0 Å². The Hall–Kier alpha value is -0.610. The predicted octanol–water partition coefficient (Wildman–Crippen LogP) is 5.27. The fourth-order valence-corrected chi connectivity index (χ4v) is 0.697. The summed E-state index contributed by atoms with van der Waals surface area (Å²) in [5, 5.41) is 0. The van der Waals surface area contributed by atoms with Crippen molar-refractivity contribution in [3.63, 3.8) is 0 Å². The summed E-state index contributed by atoms with van der Waals surface area (Å²) in [6.07, 6.45) is 5.83. The number of hydrogen-bond donors (Lipinski definition) is 0. The van der Waals surface area contributed by atoms with E-state index in [1.807, 2.05) is 6.92 Å². The zero-order valence-electron chi connectivity index (χ0n) is 9.27. The molecule has 13 heavy (non-hydrogen) atoms. The molecular weight excluding hydrogens is 156 g/mol. The van der Waals surface area contributed by atoms with Crippen molar-refractivity contribution in [2.24, 2.45) is 5.92 Å². The van der Waals surface area contributed by atoms with Crippen molar-refractivity contribution >= 4 is 0 Å². The highest BCUT2D eigenvalue weighted by Gasteiger charge is 1.92. The Bertz CT molecular complexity index is 64.4. The van der Waals surface area contributed by atoms with Crippen molar-refractivity contribution in [3.8, 4) is 0 Å². The monoisotopic (exact) mass is 185 g/mol. The maximum absolute atomic E-state index is 4.25. The minimum atomic E-state index is 0. The smallest absolute Gasteiger partial charge is 0.103 e. The lowest BCUT2D eigenvalue weighted by Crippen LogP contribution is -1.88. The molecule has 0 amide bonds. The predicted molar refractivity (Wildman–Crippen MR) is 66.9 cm³/mol. The molecule has 0 aliphatic carbocycles. The van der Waals surface area contributed by atoms with E-state index in [1.54, 1.807) is 6.08 Å². The van der Waals surface area contributed by atoms with Gasteiger partial charge in [-0.2, -0.15) is 0 Å². The second-order valence-electron chi connectivity index (χ2n) is 2.71. The van der Waals surface area contributed by atoms with Crippen LogP contribution in [-0.4, -0.2) is 0 Å². The molecule has 0 rings (SSSR count). The van der Waals surface area contributed by atoms with E-state index in [2.05, 4.69) is 40.5 Å². The molecule has 0 aromatic rings. The highest BCUT2D eigenvalue weighted by molar-refractivity contribution is 4.51. The summed E-state index contributed by atoms with van der Waals surface area (Å²) in [5.41, 5.74) is 0. The number of hydrogen-bond acceptors (Lipinski definition) is 0. The molecule has 0 aliphatic rings. The third kappa shape index (κ3) is 52.1. The van der Waals surface area contributed by atoms with Crippen LogP contribution >= 0.6 is 0 Å². The van der Waals surface area contributed by atoms with E-state index in [0.717, 1.165) is 5.92 Å². The van der Waals surface area contributed by atoms with Gasteiger partial charge in [-0.25, -0.2) is 0 Å². The van der Waals surface area contributed by atoms with Crippen LogP contribution in [0.4, 0.5) is 0 Å². The van der Waals surface area contributed by atoms with Crippen LogP contribution in [0.5, 0.6) is 0 Å². The van der Waals surface area contributed by atoms with Gasteiger partial charge in [0.2, 0.25) is 0 Å². The Morgan fingerprint density at radius 3 is 1.69 bits per heavy atom. The van der Waals surface area contributed by atoms with Crippen LogP contribution in [0.2, 0.25) is 0 Å². The van der Waals surface area contributed by atoms with Crippen LogP contribution in [0, 0.1) is 12.5 Å². The molecular formula is C13H29+. The molecule has 0 saturated carbocycles. The normalized spacial score (nSPS) is 8.85. The molecule has 0 heteroatoms. The number of rotatable bonds is 3. The van der Waals surface area contributed by atoms with Gasteiger partial charge < -0.3 is 0 Å². The molecule has 1 unspecified atom stereocenters. The second-order valence-corrected chi connectivity index (χ2v) is 2.71. The molecule has 0 aromatic carbocycles. The Morgan fingerprint density at radius 2 is 1.62 bits per heavy atom. The zero-order chi connectivity index (χ0) is 10.4. The van der Waals surface area contributed by atoms with E-state index < -0.39 is 0 Å². The van der Waals surface area contributed by atoms with Gasteiger partial charge in [0.15, 0.2) is 6.58 Å². The highest BCUT2D eigenvalue weighted by atomic mass is 14.0.